The predicted octanol–water partition coefficient (Wildman–Crippen LogP) is 4.26. The first kappa shape index (κ1) is 16.2. The van der Waals surface area contributed by atoms with Crippen LogP contribution in [0.4, 0.5) is 0 Å². The summed E-state index contributed by atoms with van der Waals surface area (Å²) in [4.78, 5) is 11.8. The van der Waals surface area contributed by atoms with Crippen LogP contribution in [-0.2, 0) is 4.79 Å². The monoisotopic (exact) mass is 309 g/mol. The minimum atomic E-state index is 0.151. The van der Waals surface area contributed by atoms with Gasteiger partial charge >= 0.3 is 0 Å². The van der Waals surface area contributed by atoms with E-state index in [-0.39, 0.29) is 5.91 Å². The quantitative estimate of drug-likeness (QED) is 0.798. The average molecular weight is 310 g/mol. The van der Waals surface area contributed by atoms with Crippen molar-refractivity contribution >= 4 is 17.5 Å². The van der Waals surface area contributed by atoms with Crippen molar-refractivity contribution < 1.29 is 9.53 Å². The molecule has 0 aromatic heterocycles. The smallest absolute Gasteiger partial charge is 0.220 e. The van der Waals surface area contributed by atoms with Gasteiger partial charge in [-0.05, 0) is 49.9 Å². The first-order valence-corrected chi connectivity index (χ1v) is 8.21. The van der Waals surface area contributed by atoms with Crippen molar-refractivity contribution in [3.63, 3.8) is 0 Å². The van der Waals surface area contributed by atoms with Crippen molar-refractivity contribution in [3.05, 3.63) is 28.8 Å². The maximum Gasteiger partial charge on any atom is 0.220 e. The van der Waals surface area contributed by atoms with Crippen molar-refractivity contribution in [1.82, 2.24) is 5.32 Å². The molecule has 0 saturated heterocycles. The second-order valence-electron chi connectivity index (χ2n) is 5.77. The van der Waals surface area contributed by atoms with Gasteiger partial charge in [0.1, 0.15) is 5.75 Å². The number of hydrogen-bond acceptors (Lipinski definition) is 2. The Morgan fingerprint density at radius 2 is 2.10 bits per heavy atom. The van der Waals surface area contributed by atoms with Crippen molar-refractivity contribution in [3.8, 4) is 5.75 Å². The predicted molar refractivity (Wildman–Crippen MR) is 85.9 cm³/mol. The van der Waals surface area contributed by atoms with Gasteiger partial charge in [-0.15, -0.1) is 0 Å². The summed E-state index contributed by atoms with van der Waals surface area (Å²) in [5, 5.41) is 3.87. The van der Waals surface area contributed by atoms with E-state index in [1.165, 1.54) is 19.3 Å². The molecule has 1 aliphatic rings. The zero-order valence-electron chi connectivity index (χ0n) is 12.7. The Balaban J connectivity index is 1.62. The second-order valence-corrected chi connectivity index (χ2v) is 6.17. The largest absolute Gasteiger partial charge is 0.494 e. The molecule has 21 heavy (non-hydrogen) atoms. The fraction of sp³-hybridized carbons (Fsp3) is 0.588. The van der Waals surface area contributed by atoms with Crippen LogP contribution in [0.5, 0.6) is 5.75 Å². The van der Waals surface area contributed by atoms with Crippen molar-refractivity contribution in [2.45, 2.75) is 57.9 Å². The number of halogens is 1. The van der Waals surface area contributed by atoms with Gasteiger partial charge in [-0.1, -0.05) is 30.9 Å². The highest BCUT2D eigenvalue weighted by atomic mass is 35.5. The summed E-state index contributed by atoms with van der Waals surface area (Å²) < 4.78 is 5.64. The first-order chi connectivity index (χ1) is 10.1. The molecule has 1 aliphatic carbocycles. The number of carbonyl (C=O) groups excluding carboxylic acids is 1. The number of hydrogen-bond donors (Lipinski definition) is 1. The third-order valence-corrected chi connectivity index (χ3v) is 4.34. The number of nitrogens with one attached hydrogen (secondary N) is 1. The molecule has 116 valence electrons. The van der Waals surface area contributed by atoms with E-state index in [2.05, 4.69) is 5.32 Å². The Morgan fingerprint density at radius 3 is 2.81 bits per heavy atom. The van der Waals surface area contributed by atoms with Crippen LogP contribution in [0.3, 0.4) is 0 Å². The number of aryl methyl sites for hydroxylation is 1. The van der Waals surface area contributed by atoms with Crippen molar-refractivity contribution in [2.24, 2.45) is 0 Å². The zero-order chi connectivity index (χ0) is 15.1. The average Bonchev–Trinajstić information content (AvgIpc) is 2.48. The molecule has 1 amide bonds. The van der Waals surface area contributed by atoms with Crippen molar-refractivity contribution in [2.75, 3.05) is 6.61 Å². The van der Waals surface area contributed by atoms with Gasteiger partial charge in [-0.2, -0.15) is 0 Å². The summed E-state index contributed by atoms with van der Waals surface area (Å²) in [5.74, 6) is 0.961. The maximum atomic E-state index is 11.8. The lowest BCUT2D eigenvalue weighted by atomic mass is 9.95. The summed E-state index contributed by atoms with van der Waals surface area (Å²) in [6.45, 7) is 2.51. The summed E-state index contributed by atoms with van der Waals surface area (Å²) >= 11 is 5.97. The molecule has 2 rings (SSSR count). The Morgan fingerprint density at radius 1 is 1.33 bits per heavy atom. The van der Waals surface area contributed by atoms with Crippen molar-refractivity contribution in [1.29, 1.82) is 0 Å². The van der Waals surface area contributed by atoms with E-state index < -0.39 is 0 Å². The molecule has 0 heterocycles. The normalized spacial score (nSPS) is 15.7. The molecule has 0 radical (unpaired) electrons. The van der Waals surface area contributed by atoms with Crippen LogP contribution in [0.2, 0.25) is 5.02 Å². The van der Waals surface area contributed by atoms with Gasteiger partial charge in [-0.25, -0.2) is 0 Å². The Kier molecular flexibility index (Phi) is 6.37. The third kappa shape index (κ3) is 5.58. The van der Waals surface area contributed by atoms with Gasteiger partial charge in [0.2, 0.25) is 5.91 Å². The van der Waals surface area contributed by atoms with E-state index in [0.29, 0.717) is 19.1 Å². The molecule has 1 saturated carbocycles. The number of amides is 1. The fourth-order valence-electron chi connectivity index (χ4n) is 2.68. The molecule has 1 N–H and O–H groups in total. The zero-order valence-corrected chi connectivity index (χ0v) is 13.4. The van der Waals surface area contributed by atoms with E-state index in [4.69, 9.17) is 16.3 Å². The molecule has 1 aromatic rings. The van der Waals surface area contributed by atoms with Gasteiger partial charge in [0.05, 0.1) is 6.61 Å². The molecule has 3 nitrogen and oxygen atoms in total. The Bertz CT molecular complexity index is 470. The highest BCUT2D eigenvalue weighted by molar-refractivity contribution is 6.31. The molecule has 0 bridgehead atoms. The number of benzene rings is 1. The topological polar surface area (TPSA) is 38.3 Å². The minimum Gasteiger partial charge on any atom is -0.494 e. The maximum absolute atomic E-state index is 11.8. The standard InChI is InChI=1S/C17H24ClNO2/c1-13-12-15(9-10-16(13)18)21-11-5-8-17(20)19-14-6-3-2-4-7-14/h9-10,12,14H,2-8,11H2,1H3,(H,19,20). The van der Waals surface area contributed by atoms with Gasteiger partial charge < -0.3 is 10.1 Å². The Hall–Kier alpha value is -1.22. The summed E-state index contributed by atoms with van der Waals surface area (Å²) in [6.07, 6.45) is 7.32. The molecule has 1 fully saturated rings. The van der Waals surface area contributed by atoms with Crippen LogP contribution in [0.25, 0.3) is 0 Å². The molecule has 0 atom stereocenters. The number of rotatable bonds is 6. The van der Waals surface area contributed by atoms with Gasteiger partial charge in [0.15, 0.2) is 0 Å². The SMILES string of the molecule is Cc1cc(OCCCC(=O)NC2CCCCC2)ccc1Cl. The molecule has 0 spiro atoms. The van der Waals surface area contributed by atoms with E-state index in [1.54, 1.807) is 0 Å². The van der Waals surface area contributed by atoms with Crippen LogP contribution in [0, 0.1) is 6.92 Å². The molecule has 0 unspecified atom stereocenters. The van der Waals surface area contributed by atoms with E-state index in [9.17, 15) is 4.79 Å². The Labute approximate surface area is 132 Å². The van der Waals surface area contributed by atoms with E-state index in [1.807, 2.05) is 25.1 Å². The highest BCUT2D eigenvalue weighted by Crippen LogP contribution is 2.21. The van der Waals surface area contributed by atoms with E-state index in [0.717, 1.165) is 35.6 Å². The van der Waals surface area contributed by atoms with Gasteiger partial charge in [0.25, 0.3) is 0 Å². The first-order valence-electron chi connectivity index (χ1n) is 7.83. The number of ether oxygens (including phenoxy) is 1. The minimum absolute atomic E-state index is 0.151. The summed E-state index contributed by atoms with van der Waals surface area (Å²) in [6, 6.07) is 6.01. The lowest BCUT2D eigenvalue weighted by molar-refractivity contribution is -0.122. The second kappa shape index (κ2) is 8.28. The molecule has 1 aromatic carbocycles. The van der Waals surface area contributed by atoms with Gasteiger partial charge in [0, 0.05) is 17.5 Å². The third-order valence-electron chi connectivity index (χ3n) is 3.92. The van der Waals surface area contributed by atoms with Crippen LogP contribution in [0.15, 0.2) is 18.2 Å². The summed E-state index contributed by atoms with van der Waals surface area (Å²) in [7, 11) is 0. The van der Waals surface area contributed by atoms with Crippen LogP contribution in [-0.4, -0.2) is 18.6 Å². The lowest BCUT2D eigenvalue weighted by Gasteiger charge is -2.22. The molecular formula is C17H24ClNO2. The van der Waals surface area contributed by atoms with Crippen LogP contribution in [0.1, 0.15) is 50.5 Å². The van der Waals surface area contributed by atoms with Crippen LogP contribution >= 0.6 is 11.6 Å². The molecule has 0 aliphatic heterocycles. The number of carbonyl (C=O) groups is 1. The lowest BCUT2D eigenvalue weighted by Crippen LogP contribution is -2.36. The fourth-order valence-corrected chi connectivity index (χ4v) is 2.79. The highest BCUT2D eigenvalue weighted by Gasteiger charge is 2.15. The van der Waals surface area contributed by atoms with E-state index >= 15 is 0 Å². The summed E-state index contributed by atoms with van der Waals surface area (Å²) in [5.41, 5.74) is 1.00. The van der Waals surface area contributed by atoms with Crippen LogP contribution < -0.4 is 10.1 Å². The molecular weight excluding hydrogens is 286 g/mol. The molecule has 4 heteroatoms. The van der Waals surface area contributed by atoms with Gasteiger partial charge in [-0.3, -0.25) is 4.79 Å².